The Balaban J connectivity index is 1.98. The number of hydrogen-bond acceptors (Lipinski definition) is 4. The van der Waals surface area contributed by atoms with Gasteiger partial charge in [-0.05, 0) is 41.3 Å². The molecular formula is C21H22F3NO5S. The van der Waals surface area contributed by atoms with Crippen LogP contribution >= 0.6 is 0 Å². The van der Waals surface area contributed by atoms with Crippen LogP contribution in [0.15, 0.2) is 47.4 Å². The van der Waals surface area contributed by atoms with Crippen molar-refractivity contribution < 1.29 is 36.2 Å². The van der Waals surface area contributed by atoms with Crippen molar-refractivity contribution >= 4 is 16.0 Å². The highest BCUT2D eigenvalue weighted by atomic mass is 32.2. The molecule has 0 aromatic heterocycles. The van der Waals surface area contributed by atoms with Gasteiger partial charge in [0, 0.05) is 13.6 Å². The summed E-state index contributed by atoms with van der Waals surface area (Å²) < 4.78 is 72.1. The zero-order valence-electron chi connectivity index (χ0n) is 16.9. The van der Waals surface area contributed by atoms with Gasteiger partial charge in [0.05, 0.1) is 29.1 Å². The van der Waals surface area contributed by atoms with Crippen molar-refractivity contribution in [2.75, 3.05) is 20.2 Å². The minimum absolute atomic E-state index is 0.0599. The van der Waals surface area contributed by atoms with Crippen molar-refractivity contribution in [1.29, 1.82) is 0 Å². The second-order valence-electron chi connectivity index (χ2n) is 7.63. The molecule has 1 N–H and O–H groups in total. The summed E-state index contributed by atoms with van der Waals surface area (Å²) in [5.41, 5.74) is 0.135. The molecular weight excluding hydrogens is 435 g/mol. The maximum Gasteiger partial charge on any atom is 0.416 e. The summed E-state index contributed by atoms with van der Waals surface area (Å²) in [6.07, 6.45) is -4.70. The number of carboxylic acids is 1. The summed E-state index contributed by atoms with van der Waals surface area (Å²) in [4.78, 5) is 10.6. The van der Waals surface area contributed by atoms with Crippen LogP contribution in [0.5, 0.6) is 0 Å². The van der Waals surface area contributed by atoms with Crippen LogP contribution in [0.4, 0.5) is 13.2 Å². The molecule has 3 rings (SSSR count). The first-order chi connectivity index (χ1) is 14.4. The minimum Gasteiger partial charge on any atom is -0.481 e. The number of aliphatic carboxylic acids is 1. The zero-order valence-corrected chi connectivity index (χ0v) is 17.7. The van der Waals surface area contributed by atoms with E-state index >= 15 is 0 Å². The van der Waals surface area contributed by atoms with E-state index in [-0.39, 0.29) is 24.6 Å². The first-order valence-electron chi connectivity index (χ1n) is 9.50. The van der Waals surface area contributed by atoms with Gasteiger partial charge in [-0.2, -0.15) is 17.5 Å². The molecule has 10 heteroatoms. The van der Waals surface area contributed by atoms with Crippen LogP contribution < -0.4 is 0 Å². The quantitative estimate of drug-likeness (QED) is 0.612. The highest BCUT2D eigenvalue weighted by Gasteiger charge is 2.35. The van der Waals surface area contributed by atoms with Gasteiger partial charge in [0.15, 0.2) is 0 Å². The average molecular weight is 457 g/mol. The third kappa shape index (κ3) is 5.63. The molecule has 31 heavy (non-hydrogen) atoms. The number of rotatable bonds is 8. The number of likely N-dealkylation sites (N-methyl/N-ethyl adjacent to an activating group) is 1. The molecule has 0 radical (unpaired) electrons. The maximum atomic E-state index is 13.5. The van der Waals surface area contributed by atoms with Crippen molar-refractivity contribution in [3.05, 3.63) is 53.6 Å². The molecule has 2 atom stereocenters. The molecule has 2 aromatic rings. The lowest BCUT2D eigenvalue weighted by atomic mass is 9.97. The Labute approximate surface area is 178 Å². The van der Waals surface area contributed by atoms with E-state index in [0.717, 1.165) is 10.4 Å². The van der Waals surface area contributed by atoms with Gasteiger partial charge in [0.1, 0.15) is 0 Å². The largest absolute Gasteiger partial charge is 0.481 e. The topological polar surface area (TPSA) is 87.2 Å². The third-order valence-corrected chi connectivity index (χ3v) is 6.86. The molecule has 1 fully saturated rings. The summed E-state index contributed by atoms with van der Waals surface area (Å²) >= 11 is 0. The Kier molecular flexibility index (Phi) is 6.45. The summed E-state index contributed by atoms with van der Waals surface area (Å²) in [6, 6.07) is 9.10. The normalized spacial score (nSPS) is 17.5. The Morgan fingerprint density at radius 1 is 1.19 bits per heavy atom. The minimum atomic E-state index is -4.73. The molecule has 1 aliphatic rings. The van der Waals surface area contributed by atoms with Crippen LogP contribution in [0.2, 0.25) is 0 Å². The number of nitrogens with zero attached hydrogens (tertiary/aromatic N) is 1. The van der Waals surface area contributed by atoms with Crippen molar-refractivity contribution in [2.24, 2.45) is 5.92 Å². The van der Waals surface area contributed by atoms with E-state index < -0.39 is 38.5 Å². The molecule has 0 amide bonds. The van der Waals surface area contributed by atoms with Crippen LogP contribution in [0, 0.1) is 5.92 Å². The average Bonchev–Trinajstić information content (AvgIpc) is 3.51. The van der Waals surface area contributed by atoms with Gasteiger partial charge in [-0.1, -0.05) is 31.2 Å². The first kappa shape index (κ1) is 23.2. The molecule has 2 aromatic carbocycles. The van der Waals surface area contributed by atoms with Crippen molar-refractivity contribution in [1.82, 2.24) is 4.31 Å². The molecule has 1 aliphatic heterocycles. The van der Waals surface area contributed by atoms with E-state index in [4.69, 9.17) is 9.84 Å². The lowest BCUT2D eigenvalue weighted by Gasteiger charge is -2.18. The Hall–Kier alpha value is -2.43. The second kappa shape index (κ2) is 8.60. The fraction of sp³-hybridized carbons (Fsp3) is 0.381. The van der Waals surface area contributed by atoms with Crippen LogP contribution in [-0.2, 0) is 32.2 Å². The van der Waals surface area contributed by atoms with E-state index in [2.05, 4.69) is 0 Å². The lowest BCUT2D eigenvalue weighted by molar-refractivity contribution is -0.141. The smallest absolute Gasteiger partial charge is 0.416 e. The number of benzene rings is 2. The molecule has 0 spiro atoms. The maximum absolute atomic E-state index is 13.5. The lowest BCUT2D eigenvalue weighted by Crippen LogP contribution is -2.30. The highest BCUT2D eigenvalue weighted by molar-refractivity contribution is 7.89. The van der Waals surface area contributed by atoms with Crippen LogP contribution in [-0.4, -0.2) is 50.1 Å². The summed E-state index contributed by atoms with van der Waals surface area (Å²) in [5, 5.41) is 9.02. The molecule has 1 unspecified atom stereocenters. The highest BCUT2D eigenvalue weighted by Crippen LogP contribution is 2.35. The number of sulfonamides is 1. The predicted octanol–water partition coefficient (Wildman–Crippen LogP) is 3.65. The Bertz CT molecular complexity index is 1060. The van der Waals surface area contributed by atoms with E-state index in [9.17, 15) is 26.4 Å². The third-order valence-electron chi connectivity index (χ3n) is 5.06. The first-order valence-corrected chi connectivity index (χ1v) is 10.9. The fourth-order valence-electron chi connectivity index (χ4n) is 3.09. The van der Waals surface area contributed by atoms with Gasteiger partial charge in [-0.15, -0.1) is 0 Å². The Morgan fingerprint density at radius 2 is 1.81 bits per heavy atom. The number of ether oxygens (including phenoxy) is 1. The second-order valence-corrected chi connectivity index (χ2v) is 9.67. The molecule has 0 bridgehead atoms. The van der Waals surface area contributed by atoms with E-state index in [1.54, 1.807) is 31.2 Å². The molecule has 0 aliphatic carbocycles. The predicted molar refractivity (Wildman–Crippen MR) is 107 cm³/mol. The van der Waals surface area contributed by atoms with Crippen LogP contribution in [0.1, 0.15) is 18.1 Å². The molecule has 1 heterocycles. The summed E-state index contributed by atoms with van der Waals surface area (Å²) in [5.74, 6) is -1.56. The van der Waals surface area contributed by atoms with Gasteiger partial charge >= 0.3 is 12.1 Å². The SMILES string of the molecule is C[C@@H](Cc1ccc(-c2cc(C(F)(F)F)cc(S(=O)(=O)N(C)CC3CO3)c2)cc1)C(=O)O. The van der Waals surface area contributed by atoms with Crippen molar-refractivity contribution in [3.63, 3.8) is 0 Å². The Morgan fingerprint density at radius 3 is 2.32 bits per heavy atom. The van der Waals surface area contributed by atoms with E-state index in [1.807, 2.05) is 0 Å². The van der Waals surface area contributed by atoms with Crippen LogP contribution in [0.3, 0.4) is 0 Å². The number of carboxylic acid groups (broad SMARTS) is 1. The fourth-order valence-corrected chi connectivity index (χ4v) is 4.36. The van der Waals surface area contributed by atoms with Gasteiger partial charge in [0.25, 0.3) is 0 Å². The molecule has 1 saturated heterocycles. The molecule has 6 nitrogen and oxygen atoms in total. The van der Waals surface area contributed by atoms with Gasteiger partial charge in [-0.25, -0.2) is 8.42 Å². The van der Waals surface area contributed by atoms with Gasteiger partial charge in [0.2, 0.25) is 10.0 Å². The number of hydrogen-bond donors (Lipinski definition) is 1. The van der Waals surface area contributed by atoms with Crippen molar-refractivity contribution in [2.45, 2.75) is 30.5 Å². The van der Waals surface area contributed by atoms with E-state index in [0.29, 0.717) is 23.8 Å². The standard InChI is InChI=1S/C21H22F3NO5S/c1-13(20(26)27)7-14-3-5-15(6-4-14)16-8-17(21(22,23)24)10-19(9-16)31(28,29)25(2)11-18-12-30-18/h3-6,8-10,13,18H,7,11-12H2,1-2H3,(H,26,27)/t13-,18?/m0/s1. The number of alkyl halides is 3. The number of halogens is 3. The van der Waals surface area contributed by atoms with Crippen LogP contribution in [0.25, 0.3) is 11.1 Å². The monoisotopic (exact) mass is 457 g/mol. The van der Waals surface area contributed by atoms with Gasteiger partial charge < -0.3 is 9.84 Å². The summed E-state index contributed by atoms with van der Waals surface area (Å²) in [7, 11) is -2.85. The van der Waals surface area contributed by atoms with Crippen molar-refractivity contribution in [3.8, 4) is 11.1 Å². The molecule has 168 valence electrons. The number of epoxide rings is 1. The zero-order chi connectivity index (χ0) is 23.0. The van der Waals surface area contributed by atoms with E-state index in [1.165, 1.54) is 13.1 Å². The van der Waals surface area contributed by atoms with Gasteiger partial charge in [-0.3, -0.25) is 4.79 Å². The number of carbonyl (C=O) groups is 1. The summed E-state index contributed by atoms with van der Waals surface area (Å²) in [6.45, 7) is 2.04. The molecule has 0 saturated carbocycles.